The Bertz CT molecular complexity index is 861. The van der Waals surface area contributed by atoms with Crippen LogP contribution in [0.15, 0.2) is 65.1 Å². The van der Waals surface area contributed by atoms with Gasteiger partial charge in [0.05, 0.1) is 12.3 Å². The number of carbonyl (C=O) groups excluding carboxylic acids is 1. The van der Waals surface area contributed by atoms with Gasteiger partial charge in [-0.15, -0.1) is 0 Å². The topological polar surface area (TPSA) is 38.3 Å². The summed E-state index contributed by atoms with van der Waals surface area (Å²) in [5.41, 5.74) is 1.31. The maximum Gasteiger partial charge on any atom is 0.256 e. The van der Waals surface area contributed by atoms with Crippen molar-refractivity contribution in [2.45, 2.75) is 6.92 Å². The molecule has 4 heteroatoms. The number of amides is 1. The second-order valence-corrected chi connectivity index (χ2v) is 5.88. The zero-order valence-corrected chi connectivity index (χ0v) is 14.3. The molecule has 0 aliphatic carbocycles. The molecule has 0 saturated carbocycles. The second-order valence-electron chi connectivity index (χ2n) is 5.02. The fraction of sp³-hybridized carbons (Fsp3) is 0.105. The summed E-state index contributed by atoms with van der Waals surface area (Å²) < 4.78 is 6.53. The van der Waals surface area contributed by atoms with E-state index in [0.29, 0.717) is 23.6 Å². The lowest BCUT2D eigenvalue weighted by Gasteiger charge is -2.12. The van der Waals surface area contributed by atoms with Crippen molar-refractivity contribution in [1.29, 1.82) is 0 Å². The number of halogens is 1. The van der Waals surface area contributed by atoms with Gasteiger partial charge in [-0.25, -0.2) is 0 Å². The van der Waals surface area contributed by atoms with E-state index in [1.165, 1.54) is 0 Å². The van der Waals surface area contributed by atoms with Gasteiger partial charge in [-0.05, 0) is 42.0 Å². The van der Waals surface area contributed by atoms with Gasteiger partial charge in [0.1, 0.15) is 5.75 Å². The SMILES string of the molecule is CCOc1ccccc1NC(=O)c1cccc2c(Br)cccc12. The molecule has 1 N–H and O–H groups in total. The van der Waals surface area contributed by atoms with Crippen LogP contribution >= 0.6 is 15.9 Å². The molecule has 0 saturated heterocycles. The van der Waals surface area contributed by atoms with E-state index < -0.39 is 0 Å². The number of hydrogen-bond acceptors (Lipinski definition) is 2. The number of carbonyl (C=O) groups is 1. The number of rotatable bonds is 4. The second kappa shape index (κ2) is 6.84. The van der Waals surface area contributed by atoms with Gasteiger partial charge < -0.3 is 10.1 Å². The maximum absolute atomic E-state index is 12.7. The molecule has 23 heavy (non-hydrogen) atoms. The molecular weight excluding hydrogens is 354 g/mol. The summed E-state index contributed by atoms with van der Waals surface area (Å²) in [7, 11) is 0. The Hall–Kier alpha value is -2.33. The highest BCUT2D eigenvalue weighted by Crippen LogP contribution is 2.28. The molecule has 0 aromatic heterocycles. The van der Waals surface area contributed by atoms with Crippen molar-refractivity contribution in [3.63, 3.8) is 0 Å². The van der Waals surface area contributed by atoms with Crippen molar-refractivity contribution >= 4 is 38.3 Å². The molecule has 0 aliphatic heterocycles. The van der Waals surface area contributed by atoms with Crippen LogP contribution in [0.3, 0.4) is 0 Å². The molecule has 116 valence electrons. The molecule has 0 aliphatic rings. The summed E-state index contributed by atoms with van der Waals surface area (Å²) >= 11 is 3.53. The van der Waals surface area contributed by atoms with E-state index in [4.69, 9.17) is 4.74 Å². The third-order valence-corrected chi connectivity index (χ3v) is 4.24. The number of ether oxygens (including phenoxy) is 1. The van der Waals surface area contributed by atoms with E-state index in [-0.39, 0.29) is 5.91 Å². The number of para-hydroxylation sites is 2. The summed E-state index contributed by atoms with van der Waals surface area (Å²) in [5.74, 6) is 0.519. The van der Waals surface area contributed by atoms with Gasteiger partial charge in [-0.3, -0.25) is 4.79 Å². The Morgan fingerprint density at radius 3 is 2.57 bits per heavy atom. The molecule has 3 nitrogen and oxygen atoms in total. The van der Waals surface area contributed by atoms with Crippen molar-refractivity contribution in [2.75, 3.05) is 11.9 Å². The minimum Gasteiger partial charge on any atom is -0.492 e. The third-order valence-electron chi connectivity index (χ3n) is 3.55. The summed E-state index contributed by atoms with van der Waals surface area (Å²) in [6.45, 7) is 2.47. The average molecular weight is 370 g/mol. The van der Waals surface area contributed by atoms with Crippen LogP contribution < -0.4 is 10.1 Å². The average Bonchev–Trinajstić information content (AvgIpc) is 2.57. The number of anilines is 1. The Balaban J connectivity index is 1.98. The molecule has 0 fully saturated rings. The zero-order valence-electron chi connectivity index (χ0n) is 12.7. The third kappa shape index (κ3) is 3.22. The van der Waals surface area contributed by atoms with Crippen molar-refractivity contribution in [3.05, 3.63) is 70.7 Å². The van der Waals surface area contributed by atoms with Crippen LogP contribution in [0.5, 0.6) is 5.75 Å². The first-order chi connectivity index (χ1) is 11.2. The monoisotopic (exact) mass is 369 g/mol. The van der Waals surface area contributed by atoms with Gasteiger partial charge in [0.25, 0.3) is 5.91 Å². The lowest BCUT2D eigenvalue weighted by atomic mass is 10.0. The van der Waals surface area contributed by atoms with E-state index >= 15 is 0 Å². The first kappa shape index (κ1) is 15.6. The summed E-state index contributed by atoms with van der Waals surface area (Å²) in [6.07, 6.45) is 0. The lowest BCUT2D eigenvalue weighted by molar-refractivity contribution is 0.102. The fourth-order valence-corrected chi connectivity index (χ4v) is 3.01. The Labute approximate surface area is 143 Å². The highest BCUT2D eigenvalue weighted by atomic mass is 79.9. The van der Waals surface area contributed by atoms with Crippen molar-refractivity contribution in [3.8, 4) is 5.75 Å². The Morgan fingerprint density at radius 1 is 1.00 bits per heavy atom. The van der Waals surface area contributed by atoms with Crippen LogP contribution in [0.4, 0.5) is 5.69 Å². The molecule has 1 amide bonds. The number of benzene rings is 3. The smallest absolute Gasteiger partial charge is 0.256 e. The van der Waals surface area contributed by atoms with Crippen LogP contribution in [0, 0.1) is 0 Å². The molecule has 0 atom stereocenters. The van der Waals surface area contributed by atoms with E-state index in [9.17, 15) is 4.79 Å². The van der Waals surface area contributed by atoms with Gasteiger partial charge in [-0.1, -0.05) is 52.3 Å². The highest BCUT2D eigenvalue weighted by Gasteiger charge is 2.13. The van der Waals surface area contributed by atoms with Crippen LogP contribution in [0.1, 0.15) is 17.3 Å². The molecule has 0 unspecified atom stereocenters. The highest BCUT2D eigenvalue weighted by molar-refractivity contribution is 9.10. The zero-order chi connectivity index (χ0) is 16.2. The standard InChI is InChI=1S/C19H16BrNO2/c1-2-23-18-12-4-3-11-17(18)21-19(22)15-9-5-8-14-13(15)7-6-10-16(14)20/h3-12H,2H2,1H3,(H,21,22). The molecular formula is C19H16BrNO2. The molecule has 3 aromatic rings. The first-order valence-corrected chi connectivity index (χ1v) is 8.20. The van der Waals surface area contributed by atoms with Crippen molar-refractivity contribution in [2.24, 2.45) is 0 Å². The number of hydrogen-bond donors (Lipinski definition) is 1. The largest absolute Gasteiger partial charge is 0.492 e. The van der Waals surface area contributed by atoms with Crippen LogP contribution in [-0.2, 0) is 0 Å². The predicted octanol–water partition coefficient (Wildman–Crippen LogP) is 5.25. The van der Waals surface area contributed by atoms with Gasteiger partial charge in [0.15, 0.2) is 0 Å². The van der Waals surface area contributed by atoms with Gasteiger partial charge in [-0.2, -0.15) is 0 Å². The van der Waals surface area contributed by atoms with Gasteiger partial charge >= 0.3 is 0 Å². The molecule has 0 spiro atoms. The van der Waals surface area contributed by atoms with Gasteiger partial charge in [0, 0.05) is 10.0 Å². The quantitative estimate of drug-likeness (QED) is 0.681. The van der Waals surface area contributed by atoms with E-state index in [1.54, 1.807) is 0 Å². The van der Waals surface area contributed by atoms with E-state index in [1.807, 2.05) is 67.6 Å². The van der Waals surface area contributed by atoms with Gasteiger partial charge in [0.2, 0.25) is 0 Å². The normalized spacial score (nSPS) is 10.5. The Kier molecular flexibility index (Phi) is 4.63. The predicted molar refractivity (Wildman–Crippen MR) is 97.2 cm³/mol. The number of nitrogens with one attached hydrogen (secondary N) is 1. The van der Waals surface area contributed by atoms with Crippen LogP contribution in [0.2, 0.25) is 0 Å². The maximum atomic E-state index is 12.7. The molecule has 0 heterocycles. The molecule has 3 aromatic carbocycles. The molecule has 0 bridgehead atoms. The summed E-state index contributed by atoms with van der Waals surface area (Å²) in [6, 6.07) is 19.0. The first-order valence-electron chi connectivity index (χ1n) is 7.41. The Morgan fingerprint density at radius 2 is 1.74 bits per heavy atom. The van der Waals surface area contributed by atoms with Crippen LogP contribution in [-0.4, -0.2) is 12.5 Å². The summed E-state index contributed by atoms with van der Waals surface area (Å²) in [5, 5.41) is 4.87. The number of fused-ring (bicyclic) bond motifs is 1. The summed E-state index contributed by atoms with van der Waals surface area (Å²) in [4.78, 5) is 12.7. The van der Waals surface area contributed by atoms with Crippen LogP contribution in [0.25, 0.3) is 10.8 Å². The van der Waals surface area contributed by atoms with E-state index in [0.717, 1.165) is 15.2 Å². The fourth-order valence-electron chi connectivity index (χ4n) is 2.51. The van der Waals surface area contributed by atoms with E-state index in [2.05, 4.69) is 21.2 Å². The lowest BCUT2D eigenvalue weighted by Crippen LogP contribution is -2.13. The molecule has 3 rings (SSSR count). The molecule has 0 radical (unpaired) electrons. The van der Waals surface area contributed by atoms with Crippen molar-refractivity contribution in [1.82, 2.24) is 0 Å². The minimum absolute atomic E-state index is 0.152. The van der Waals surface area contributed by atoms with Crippen molar-refractivity contribution < 1.29 is 9.53 Å². The minimum atomic E-state index is -0.152.